The van der Waals surface area contributed by atoms with Crippen molar-refractivity contribution in [3.05, 3.63) is 34.9 Å². The van der Waals surface area contributed by atoms with E-state index in [1.165, 1.54) is 4.31 Å². The van der Waals surface area contributed by atoms with E-state index in [4.69, 9.17) is 16.3 Å². The van der Waals surface area contributed by atoms with Crippen LogP contribution >= 0.6 is 11.6 Å². The fourth-order valence-electron chi connectivity index (χ4n) is 2.91. The molecule has 1 saturated heterocycles. The van der Waals surface area contributed by atoms with E-state index < -0.39 is 10.2 Å². The predicted molar refractivity (Wildman–Crippen MR) is 96.4 cm³/mol. The first-order valence-corrected chi connectivity index (χ1v) is 10.1. The highest BCUT2D eigenvalue weighted by Crippen LogP contribution is 2.27. The molecule has 1 aliphatic rings. The summed E-state index contributed by atoms with van der Waals surface area (Å²) in [5.74, 6) is 0. The van der Waals surface area contributed by atoms with Crippen LogP contribution in [0.5, 0.6) is 0 Å². The molecule has 0 aliphatic carbocycles. The molecule has 8 heteroatoms. The molecule has 1 aromatic rings. The number of benzene rings is 1. The van der Waals surface area contributed by atoms with Gasteiger partial charge in [0.2, 0.25) is 0 Å². The van der Waals surface area contributed by atoms with E-state index in [0.29, 0.717) is 31.3 Å². The van der Waals surface area contributed by atoms with Crippen LogP contribution in [0.15, 0.2) is 24.3 Å². The van der Waals surface area contributed by atoms with Gasteiger partial charge < -0.3 is 4.74 Å². The summed E-state index contributed by atoms with van der Waals surface area (Å²) in [7, 11) is -3.52. The normalized spacial score (nSPS) is 18.0. The van der Waals surface area contributed by atoms with Crippen molar-refractivity contribution in [1.29, 1.82) is 0 Å². The summed E-state index contributed by atoms with van der Waals surface area (Å²) in [5, 5.41) is 0.653. The second kappa shape index (κ2) is 9.12. The second-order valence-electron chi connectivity index (χ2n) is 5.62. The Morgan fingerprint density at radius 2 is 1.88 bits per heavy atom. The van der Waals surface area contributed by atoms with Gasteiger partial charge in [-0.2, -0.15) is 12.7 Å². The van der Waals surface area contributed by atoms with Gasteiger partial charge >= 0.3 is 0 Å². The lowest BCUT2D eigenvalue weighted by molar-refractivity contribution is 0.0723. The summed E-state index contributed by atoms with van der Waals surface area (Å²) in [4.78, 5) is 2.20. The quantitative estimate of drug-likeness (QED) is 0.753. The molecule has 0 amide bonds. The molecule has 2 rings (SSSR count). The maximum absolute atomic E-state index is 12.5. The smallest absolute Gasteiger partial charge is 0.279 e. The van der Waals surface area contributed by atoms with Crippen LogP contribution in [0.2, 0.25) is 5.02 Å². The third kappa shape index (κ3) is 4.91. The molecule has 0 radical (unpaired) electrons. The molecule has 1 aromatic carbocycles. The fraction of sp³-hybridized carbons (Fsp3) is 0.625. The number of morpholine rings is 1. The van der Waals surface area contributed by atoms with Crippen LogP contribution < -0.4 is 4.72 Å². The Bertz CT molecular complexity index is 617. The van der Waals surface area contributed by atoms with Crippen molar-refractivity contribution in [3.8, 4) is 0 Å². The van der Waals surface area contributed by atoms with Crippen molar-refractivity contribution in [2.75, 3.05) is 45.9 Å². The van der Waals surface area contributed by atoms with Crippen molar-refractivity contribution >= 4 is 21.8 Å². The summed E-state index contributed by atoms with van der Waals surface area (Å²) in [6.45, 7) is 7.67. The zero-order valence-electron chi connectivity index (χ0n) is 14.2. The lowest BCUT2D eigenvalue weighted by Crippen LogP contribution is -2.48. The SMILES string of the molecule is CCN(CC)[C@H](CNS(=O)(=O)N1CCOCC1)c1ccccc1Cl. The van der Waals surface area contributed by atoms with Gasteiger partial charge in [0.05, 0.1) is 13.2 Å². The minimum atomic E-state index is -3.52. The van der Waals surface area contributed by atoms with Crippen LogP contribution in [0, 0.1) is 0 Å². The fourth-order valence-corrected chi connectivity index (χ4v) is 4.35. The molecule has 1 atom stereocenters. The topological polar surface area (TPSA) is 61.9 Å². The van der Waals surface area contributed by atoms with E-state index in [1.54, 1.807) is 0 Å². The average molecular weight is 376 g/mol. The Labute approximate surface area is 149 Å². The first-order chi connectivity index (χ1) is 11.5. The van der Waals surface area contributed by atoms with Crippen LogP contribution in [0.25, 0.3) is 0 Å². The molecular weight excluding hydrogens is 350 g/mol. The van der Waals surface area contributed by atoms with E-state index in [1.807, 2.05) is 24.3 Å². The molecule has 0 saturated carbocycles. The molecule has 136 valence electrons. The number of ether oxygens (including phenoxy) is 1. The molecule has 1 heterocycles. The Hall–Kier alpha value is -0.700. The second-order valence-corrected chi connectivity index (χ2v) is 7.79. The molecule has 24 heavy (non-hydrogen) atoms. The zero-order chi connectivity index (χ0) is 17.6. The standard InChI is InChI=1S/C16H26ClN3O3S/c1-3-19(4-2)16(14-7-5-6-8-15(14)17)13-18-24(21,22)20-9-11-23-12-10-20/h5-8,16,18H,3-4,9-13H2,1-2H3/t16-/m1/s1. The monoisotopic (exact) mass is 375 g/mol. The number of rotatable bonds is 8. The maximum atomic E-state index is 12.5. The lowest BCUT2D eigenvalue weighted by atomic mass is 10.1. The van der Waals surface area contributed by atoms with Crippen molar-refractivity contribution < 1.29 is 13.2 Å². The molecule has 1 aliphatic heterocycles. The van der Waals surface area contributed by atoms with Gasteiger partial charge in [0.15, 0.2) is 0 Å². The van der Waals surface area contributed by atoms with Crippen molar-refractivity contribution in [2.24, 2.45) is 0 Å². The van der Waals surface area contributed by atoms with E-state index >= 15 is 0 Å². The molecule has 0 bridgehead atoms. The minimum absolute atomic E-state index is 0.107. The van der Waals surface area contributed by atoms with Crippen molar-refractivity contribution in [3.63, 3.8) is 0 Å². The van der Waals surface area contributed by atoms with Gasteiger partial charge in [-0.25, -0.2) is 4.72 Å². The predicted octanol–water partition coefficient (Wildman–Crippen LogP) is 1.89. The Kier molecular flexibility index (Phi) is 7.46. The minimum Gasteiger partial charge on any atom is -0.379 e. The molecule has 1 N–H and O–H groups in total. The Morgan fingerprint density at radius 3 is 2.46 bits per heavy atom. The molecule has 0 spiro atoms. The van der Waals surface area contributed by atoms with E-state index in [-0.39, 0.29) is 12.6 Å². The molecular formula is C16H26ClN3O3S. The first kappa shape index (κ1) is 19.6. The Morgan fingerprint density at radius 1 is 1.25 bits per heavy atom. The molecule has 1 fully saturated rings. The highest BCUT2D eigenvalue weighted by molar-refractivity contribution is 7.87. The number of hydrogen-bond acceptors (Lipinski definition) is 4. The van der Waals surface area contributed by atoms with Gasteiger partial charge in [-0.15, -0.1) is 0 Å². The van der Waals surface area contributed by atoms with Crippen LogP contribution in [0.4, 0.5) is 0 Å². The molecule has 0 aromatic heterocycles. The molecule has 6 nitrogen and oxygen atoms in total. The van der Waals surface area contributed by atoms with Crippen molar-refractivity contribution in [2.45, 2.75) is 19.9 Å². The van der Waals surface area contributed by atoms with E-state index in [9.17, 15) is 8.42 Å². The largest absolute Gasteiger partial charge is 0.379 e. The number of halogens is 1. The van der Waals surface area contributed by atoms with E-state index in [0.717, 1.165) is 18.7 Å². The third-order valence-electron chi connectivity index (χ3n) is 4.29. The van der Waals surface area contributed by atoms with Crippen molar-refractivity contribution in [1.82, 2.24) is 13.9 Å². The maximum Gasteiger partial charge on any atom is 0.279 e. The highest BCUT2D eigenvalue weighted by atomic mass is 35.5. The number of hydrogen-bond donors (Lipinski definition) is 1. The van der Waals surface area contributed by atoms with Crippen LogP contribution in [-0.2, 0) is 14.9 Å². The summed E-state index contributed by atoms with van der Waals surface area (Å²) in [5.41, 5.74) is 0.938. The number of nitrogens with one attached hydrogen (secondary N) is 1. The Balaban J connectivity index is 2.15. The number of nitrogens with zero attached hydrogens (tertiary/aromatic N) is 2. The van der Waals surface area contributed by atoms with Gasteiger partial charge in [-0.3, -0.25) is 4.90 Å². The third-order valence-corrected chi connectivity index (χ3v) is 6.21. The van der Waals surface area contributed by atoms with Crippen LogP contribution in [0.1, 0.15) is 25.5 Å². The molecule has 0 unspecified atom stereocenters. The highest BCUT2D eigenvalue weighted by Gasteiger charge is 2.27. The lowest BCUT2D eigenvalue weighted by Gasteiger charge is -2.32. The number of likely N-dealkylation sites (N-methyl/N-ethyl adjacent to an activating group) is 1. The summed E-state index contributed by atoms with van der Waals surface area (Å²) in [6, 6.07) is 7.49. The van der Waals surface area contributed by atoms with Crippen LogP contribution in [0.3, 0.4) is 0 Å². The average Bonchev–Trinajstić information content (AvgIpc) is 2.60. The van der Waals surface area contributed by atoms with E-state index in [2.05, 4.69) is 23.5 Å². The van der Waals surface area contributed by atoms with Gasteiger partial charge in [-0.05, 0) is 24.7 Å². The van der Waals surface area contributed by atoms with Gasteiger partial charge in [-0.1, -0.05) is 43.6 Å². The summed E-state index contributed by atoms with van der Waals surface area (Å²) < 4.78 is 34.4. The first-order valence-electron chi connectivity index (χ1n) is 8.30. The summed E-state index contributed by atoms with van der Waals surface area (Å²) in [6.07, 6.45) is 0. The van der Waals surface area contributed by atoms with Gasteiger partial charge in [0.25, 0.3) is 10.2 Å². The summed E-state index contributed by atoms with van der Waals surface area (Å²) >= 11 is 6.34. The zero-order valence-corrected chi connectivity index (χ0v) is 15.8. The van der Waals surface area contributed by atoms with Crippen LogP contribution in [-0.4, -0.2) is 63.6 Å². The van der Waals surface area contributed by atoms with Gasteiger partial charge in [0, 0.05) is 30.7 Å². The van der Waals surface area contributed by atoms with Gasteiger partial charge in [0.1, 0.15) is 0 Å².